The van der Waals surface area contributed by atoms with E-state index in [-0.39, 0.29) is 10.9 Å². The molecule has 4 rings (SSSR count). The Kier molecular flexibility index (Phi) is 13.1. The van der Waals surface area contributed by atoms with Gasteiger partial charge in [0.15, 0.2) is 0 Å². The van der Waals surface area contributed by atoms with Crippen LogP contribution in [0.4, 0.5) is 4.79 Å². The Balaban J connectivity index is 1.84. The van der Waals surface area contributed by atoms with Crippen LogP contribution in [0.5, 0.6) is 0 Å². The minimum atomic E-state index is -2.99. The number of amides is 2. The first-order valence-corrected chi connectivity index (χ1v) is 21.3. The van der Waals surface area contributed by atoms with Gasteiger partial charge in [-0.1, -0.05) is 163 Å². The average Bonchev–Trinajstić information content (AvgIpc) is 3.07. The van der Waals surface area contributed by atoms with E-state index in [1.165, 1.54) is 21.0 Å². The Morgan fingerprint density at radius 1 is 0.647 bits per heavy atom. The fourth-order valence-corrected chi connectivity index (χ4v) is 13.8. The molecule has 8 heteroatoms. The van der Waals surface area contributed by atoms with Crippen molar-refractivity contribution >= 4 is 49.2 Å². The molecule has 0 aromatic heterocycles. The molecule has 0 aliphatic heterocycles. The Morgan fingerprint density at radius 2 is 1.06 bits per heavy atom. The molecule has 0 saturated heterocycles. The highest BCUT2D eigenvalue weighted by Gasteiger charge is 2.52. The predicted octanol–water partition coefficient (Wildman–Crippen LogP) is 7.51. The lowest BCUT2D eigenvalue weighted by molar-refractivity contribution is -0.126. The minimum Gasteiger partial charge on any atom is -0.444 e. The highest BCUT2D eigenvalue weighted by atomic mass is 31.1. The Morgan fingerprint density at radius 3 is 1.43 bits per heavy atom. The molecule has 2 unspecified atom stereocenters. The molecule has 2 amide bonds. The molecule has 51 heavy (non-hydrogen) atoms. The second-order valence-corrected chi connectivity index (χ2v) is 22.8. The van der Waals surface area contributed by atoms with Crippen LogP contribution in [0.2, 0.25) is 5.04 Å². The molecule has 2 N–H and O–H groups in total. The van der Waals surface area contributed by atoms with Crippen molar-refractivity contribution in [1.29, 1.82) is 0 Å². The van der Waals surface area contributed by atoms with E-state index >= 15 is 0 Å². The van der Waals surface area contributed by atoms with Crippen LogP contribution in [0.1, 0.15) is 69.2 Å². The molecule has 3 atom stereocenters. The summed E-state index contributed by atoms with van der Waals surface area (Å²) in [4.78, 5) is 27.6. The second kappa shape index (κ2) is 16.7. The van der Waals surface area contributed by atoms with Crippen LogP contribution in [-0.2, 0) is 14.0 Å². The van der Waals surface area contributed by atoms with Crippen molar-refractivity contribution in [3.05, 3.63) is 121 Å². The molecule has 0 radical (unpaired) electrons. The zero-order valence-electron chi connectivity index (χ0n) is 32.1. The molecular weight excluding hydrogens is 668 g/mol. The van der Waals surface area contributed by atoms with Crippen LogP contribution >= 0.6 is 7.92 Å². The molecule has 0 aliphatic rings. The van der Waals surface area contributed by atoms with Crippen molar-refractivity contribution < 1.29 is 18.8 Å². The predicted molar refractivity (Wildman–Crippen MR) is 217 cm³/mol. The monoisotopic (exact) mass is 724 g/mol. The zero-order chi connectivity index (χ0) is 37.5. The SMILES string of the molecule is CC(O[Si](c1ccccc1)(c1ccccc1)C(C)(C)C)[C@@H](CP(c1ccccc1)c1ccccc1)NC(=O)C(NC(=O)OC(C)(C)C)C(C)(C)C. The van der Waals surface area contributed by atoms with Gasteiger partial charge in [-0.2, -0.15) is 0 Å². The first-order chi connectivity index (χ1) is 23.9. The van der Waals surface area contributed by atoms with E-state index < -0.39 is 51.5 Å². The maximum atomic E-state index is 14.5. The third-order valence-electron chi connectivity index (χ3n) is 8.98. The highest BCUT2D eigenvalue weighted by Crippen LogP contribution is 2.40. The smallest absolute Gasteiger partial charge is 0.408 e. The van der Waals surface area contributed by atoms with Crippen molar-refractivity contribution in [3.8, 4) is 0 Å². The largest absolute Gasteiger partial charge is 0.444 e. The van der Waals surface area contributed by atoms with Gasteiger partial charge < -0.3 is 19.8 Å². The van der Waals surface area contributed by atoms with Gasteiger partial charge in [-0.25, -0.2) is 4.79 Å². The maximum absolute atomic E-state index is 14.5. The van der Waals surface area contributed by atoms with Crippen LogP contribution in [0.3, 0.4) is 0 Å². The number of ether oxygens (including phenoxy) is 1. The van der Waals surface area contributed by atoms with Crippen LogP contribution in [0.25, 0.3) is 0 Å². The number of carbonyl (C=O) groups excluding carboxylic acids is 2. The number of alkyl carbamates (subject to hydrolysis) is 1. The van der Waals surface area contributed by atoms with Crippen molar-refractivity contribution in [3.63, 3.8) is 0 Å². The number of benzene rings is 4. The maximum Gasteiger partial charge on any atom is 0.408 e. The zero-order valence-corrected chi connectivity index (χ0v) is 34.0. The quantitative estimate of drug-likeness (QED) is 0.117. The fraction of sp³-hybridized carbons (Fsp3) is 0.395. The third-order valence-corrected chi connectivity index (χ3v) is 16.7. The summed E-state index contributed by atoms with van der Waals surface area (Å²) in [6.45, 7) is 20.2. The van der Waals surface area contributed by atoms with Crippen LogP contribution in [0, 0.1) is 5.41 Å². The van der Waals surface area contributed by atoms with Crippen molar-refractivity contribution in [2.24, 2.45) is 5.41 Å². The van der Waals surface area contributed by atoms with E-state index in [0.717, 1.165) is 0 Å². The number of hydrogen-bond acceptors (Lipinski definition) is 4. The molecule has 0 aliphatic carbocycles. The summed E-state index contributed by atoms with van der Waals surface area (Å²) in [6, 6.07) is 41.0. The molecule has 4 aromatic carbocycles. The number of carbonyl (C=O) groups is 2. The summed E-state index contributed by atoms with van der Waals surface area (Å²) in [5.74, 6) is -0.271. The normalized spacial score (nSPS) is 14.3. The van der Waals surface area contributed by atoms with Gasteiger partial charge >= 0.3 is 6.09 Å². The van der Waals surface area contributed by atoms with Gasteiger partial charge in [-0.05, 0) is 73.2 Å². The van der Waals surface area contributed by atoms with Gasteiger partial charge in [0.1, 0.15) is 11.6 Å². The van der Waals surface area contributed by atoms with Gasteiger partial charge in [0.2, 0.25) is 5.91 Å². The molecule has 0 bridgehead atoms. The van der Waals surface area contributed by atoms with Crippen LogP contribution in [0.15, 0.2) is 121 Å². The van der Waals surface area contributed by atoms with E-state index in [4.69, 9.17) is 9.16 Å². The summed E-state index contributed by atoms with van der Waals surface area (Å²) in [5.41, 5.74) is -1.30. The van der Waals surface area contributed by atoms with Crippen molar-refractivity contribution in [1.82, 2.24) is 10.6 Å². The van der Waals surface area contributed by atoms with Crippen molar-refractivity contribution in [2.45, 2.75) is 98.1 Å². The molecule has 0 saturated carbocycles. The Hall–Kier alpha value is -3.77. The van der Waals surface area contributed by atoms with Gasteiger partial charge in [-0.15, -0.1) is 0 Å². The molecule has 272 valence electrons. The van der Waals surface area contributed by atoms with Gasteiger partial charge in [0.05, 0.1) is 12.1 Å². The summed E-state index contributed by atoms with van der Waals surface area (Å²) in [5, 5.41) is 10.9. The topological polar surface area (TPSA) is 76.7 Å². The Labute approximate surface area is 308 Å². The Bertz CT molecular complexity index is 1610. The number of nitrogens with one attached hydrogen (secondary N) is 2. The number of hydrogen-bond donors (Lipinski definition) is 2. The van der Waals surface area contributed by atoms with E-state index in [1.807, 2.05) is 65.8 Å². The summed E-state index contributed by atoms with van der Waals surface area (Å²) in [6.07, 6.45) is -0.390. The van der Waals surface area contributed by atoms with E-state index in [1.54, 1.807) is 0 Å². The van der Waals surface area contributed by atoms with Crippen LogP contribution < -0.4 is 31.6 Å². The molecule has 0 heterocycles. The number of rotatable bonds is 12. The first-order valence-electron chi connectivity index (χ1n) is 17.9. The molecule has 6 nitrogen and oxygen atoms in total. The molecule has 0 fully saturated rings. The third kappa shape index (κ3) is 10.4. The standard InChI is InChI=1S/C43H57N2O4PSi/c1-32(49-51(43(8,9)10,35-27-19-13-20-28-35)36-29-21-14-22-30-36)37(31-50(33-23-15-11-16-24-33)34-25-17-12-18-26-34)44-39(46)38(41(2,3)4)45-40(47)48-42(5,6)7/h11-30,32,37-38H,31H2,1-10H3,(H,44,46)(H,45,47)/t32?,37-,38?/m1/s1. The van der Waals surface area contributed by atoms with Gasteiger partial charge in [-0.3, -0.25) is 4.79 Å². The average molecular weight is 725 g/mol. The van der Waals surface area contributed by atoms with E-state index in [9.17, 15) is 9.59 Å². The molecule has 4 aromatic rings. The minimum absolute atomic E-state index is 0.256. The summed E-state index contributed by atoms with van der Waals surface area (Å²) < 4.78 is 13.2. The lowest BCUT2D eigenvalue weighted by atomic mass is 9.86. The molecule has 0 spiro atoms. The van der Waals surface area contributed by atoms with Crippen LogP contribution in [-0.4, -0.2) is 50.3 Å². The first kappa shape index (κ1) is 40.0. The lowest BCUT2D eigenvalue weighted by Crippen LogP contribution is -2.69. The van der Waals surface area contributed by atoms with E-state index in [0.29, 0.717) is 6.16 Å². The fourth-order valence-electron chi connectivity index (χ4n) is 6.50. The summed E-state index contributed by atoms with van der Waals surface area (Å²) >= 11 is 0. The van der Waals surface area contributed by atoms with Gasteiger partial charge in [0.25, 0.3) is 8.32 Å². The van der Waals surface area contributed by atoms with Gasteiger partial charge in [0, 0.05) is 0 Å². The van der Waals surface area contributed by atoms with E-state index in [2.05, 4.69) is 135 Å². The highest BCUT2D eigenvalue weighted by molar-refractivity contribution is 7.73. The van der Waals surface area contributed by atoms with Crippen molar-refractivity contribution in [2.75, 3.05) is 6.16 Å². The summed E-state index contributed by atoms with van der Waals surface area (Å²) in [7, 11) is -3.89. The lowest BCUT2D eigenvalue weighted by Gasteiger charge is -2.46. The molecular formula is C43H57N2O4PSi. The second-order valence-electron chi connectivity index (χ2n) is 16.3.